The van der Waals surface area contributed by atoms with Crippen LogP contribution in [0.4, 0.5) is 0 Å². The molecule has 160 valence electrons. The van der Waals surface area contributed by atoms with E-state index in [1.54, 1.807) is 0 Å². The number of nitrogens with one attached hydrogen (secondary N) is 2. The molecule has 0 fully saturated rings. The zero-order valence-electron chi connectivity index (χ0n) is 16.4. The number of hydrogen-bond donors (Lipinski definition) is 5. The third-order valence-electron chi connectivity index (χ3n) is 4.38. The first-order chi connectivity index (χ1) is 13.9. The third-order valence-corrected chi connectivity index (χ3v) is 4.38. The van der Waals surface area contributed by atoms with E-state index in [4.69, 9.17) is 16.6 Å². The molecule has 0 unspecified atom stereocenters. The van der Waals surface area contributed by atoms with E-state index in [0.29, 0.717) is 32.1 Å². The number of aldehydes is 1. The summed E-state index contributed by atoms with van der Waals surface area (Å²) in [6.07, 6.45) is 2.26. The van der Waals surface area contributed by atoms with Crippen molar-refractivity contribution in [2.45, 2.75) is 56.7 Å². The normalized spacial score (nSPS) is 13.7. The average molecular weight is 406 g/mol. The van der Waals surface area contributed by atoms with Crippen LogP contribution in [0.2, 0.25) is 0 Å². The summed E-state index contributed by atoms with van der Waals surface area (Å²) in [5, 5.41) is 14.0. The minimum atomic E-state index is -1.10. The Balaban J connectivity index is 2.71. The van der Waals surface area contributed by atoms with Crippen LogP contribution in [0.1, 0.15) is 37.7 Å². The zero-order valence-corrected chi connectivity index (χ0v) is 16.4. The van der Waals surface area contributed by atoms with Crippen LogP contribution in [0.3, 0.4) is 0 Å². The summed E-state index contributed by atoms with van der Waals surface area (Å²) in [5.41, 5.74) is 12.2. The molecule has 9 nitrogen and oxygen atoms in total. The Morgan fingerprint density at radius 2 is 1.72 bits per heavy atom. The Hall–Kier alpha value is -2.78. The zero-order chi connectivity index (χ0) is 21.6. The minimum Gasteiger partial charge on any atom is -0.481 e. The van der Waals surface area contributed by atoms with Crippen LogP contribution in [0.5, 0.6) is 0 Å². The van der Waals surface area contributed by atoms with Crippen LogP contribution in [0.15, 0.2) is 30.3 Å². The first-order valence-electron chi connectivity index (χ1n) is 9.64. The van der Waals surface area contributed by atoms with Crippen LogP contribution in [-0.4, -0.2) is 53.8 Å². The van der Waals surface area contributed by atoms with E-state index in [1.807, 2.05) is 30.3 Å². The van der Waals surface area contributed by atoms with Gasteiger partial charge >= 0.3 is 5.97 Å². The van der Waals surface area contributed by atoms with Crippen molar-refractivity contribution < 1.29 is 24.3 Å². The largest absolute Gasteiger partial charge is 0.481 e. The highest BCUT2D eigenvalue weighted by atomic mass is 16.4. The lowest BCUT2D eigenvalue weighted by atomic mass is 10.0. The molecule has 3 atom stereocenters. The van der Waals surface area contributed by atoms with Gasteiger partial charge in [-0.3, -0.25) is 14.4 Å². The van der Waals surface area contributed by atoms with Crippen molar-refractivity contribution in [1.29, 1.82) is 0 Å². The number of aliphatic carboxylic acids is 1. The van der Waals surface area contributed by atoms with Gasteiger partial charge < -0.3 is 32.0 Å². The van der Waals surface area contributed by atoms with Crippen LogP contribution in [0.25, 0.3) is 0 Å². The molecule has 0 bridgehead atoms. The highest BCUT2D eigenvalue weighted by molar-refractivity contribution is 5.91. The number of unbranched alkanes of at least 4 members (excludes halogenated alkanes) is 1. The van der Waals surface area contributed by atoms with Gasteiger partial charge in [0.15, 0.2) is 0 Å². The molecule has 0 aliphatic heterocycles. The van der Waals surface area contributed by atoms with Crippen molar-refractivity contribution in [3.05, 3.63) is 35.9 Å². The van der Waals surface area contributed by atoms with Crippen molar-refractivity contribution >= 4 is 24.1 Å². The Bertz CT molecular complexity index is 668. The molecule has 0 spiro atoms. The molecular weight excluding hydrogens is 376 g/mol. The summed E-state index contributed by atoms with van der Waals surface area (Å²) >= 11 is 0. The van der Waals surface area contributed by atoms with Gasteiger partial charge in [-0.2, -0.15) is 0 Å². The number of carbonyl (C=O) groups excluding carboxylic acids is 3. The molecule has 29 heavy (non-hydrogen) atoms. The lowest BCUT2D eigenvalue weighted by Gasteiger charge is -2.22. The second-order valence-electron chi connectivity index (χ2n) is 6.83. The van der Waals surface area contributed by atoms with E-state index in [9.17, 15) is 19.2 Å². The molecule has 2 amide bonds. The average Bonchev–Trinajstić information content (AvgIpc) is 2.70. The molecule has 0 aliphatic carbocycles. The Kier molecular flexibility index (Phi) is 11.2. The quantitative estimate of drug-likeness (QED) is 0.209. The SMILES string of the molecule is NCCCC[C@@H](C=O)NC(=O)[C@H](CCC(=O)O)NC(=O)[C@@H](N)Cc1ccccc1. The maximum absolute atomic E-state index is 12.5. The van der Waals surface area contributed by atoms with E-state index < -0.39 is 35.9 Å². The molecule has 0 aliphatic rings. The topological polar surface area (TPSA) is 165 Å². The van der Waals surface area contributed by atoms with Gasteiger partial charge in [0.2, 0.25) is 11.8 Å². The fraction of sp³-hybridized carbons (Fsp3) is 0.500. The lowest BCUT2D eigenvalue weighted by Crippen LogP contribution is -2.54. The Labute approximate surface area is 170 Å². The van der Waals surface area contributed by atoms with E-state index in [0.717, 1.165) is 5.56 Å². The molecular formula is C20H30N4O5. The number of carboxylic acid groups (broad SMARTS) is 1. The summed E-state index contributed by atoms with van der Waals surface area (Å²) in [5.74, 6) is -2.28. The minimum absolute atomic E-state index is 0.112. The summed E-state index contributed by atoms with van der Waals surface area (Å²) in [7, 11) is 0. The number of amides is 2. The molecule has 1 aromatic rings. The molecule has 0 saturated carbocycles. The van der Waals surface area contributed by atoms with Gasteiger partial charge in [-0.15, -0.1) is 0 Å². The molecule has 9 heteroatoms. The van der Waals surface area contributed by atoms with Crippen LogP contribution < -0.4 is 22.1 Å². The Morgan fingerprint density at radius 1 is 1.03 bits per heavy atom. The third kappa shape index (κ3) is 9.82. The molecule has 7 N–H and O–H groups in total. The second kappa shape index (κ2) is 13.4. The summed E-state index contributed by atoms with van der Waals surface area (Å²) in [4.78, 5) is 47.1. The summed E-state index contributed by atoms with van der Waals surface area (Å²) in [6, 6.07) is 6.44. The maximum Gasteiger partial charge on any atom is 0.303 e. The number of carbonyl (C=O) groups is 4. The fourth-order valence-corrected chi connectivity index (χ4v) is 2.74. The molecule has 0 radical (unpaired) electrons. The fourth-order valence-electron chi connectivity index (χ4n) is 2.74. The summed E-state index contributed by atoms with van der Waals surface area (Å²) < 4.78 is 0. The smallest absolute Gasteiger partial charge is 0.303 e. The molecule has 0 saturated heterocycles. The number of nitrogens with two attached hydrogens (primary N) is 2. The van der Waals surface area contributed by atoms with Crippen molar-refractivity contribution in [3.63, 3.8) is 0 Å². The number of hydrogen-bond acceptors (Lipinski definition) is 6. The van der Waals surface area contributed by atoms with E-state index in [-0.39, 0.29) is 19.3 Å². The molecule has 0 aromatic heterocycles. The molecule has 0 heterocycles. The van der Waals surface area contributed by atoms with E-state index in [2.05, 4.69) is 10.6 Å². The molecule has 1 rings (SSSR count). The second-order valence-corrected chi connectivity index (χ2v) is 6.83. The van der Waals surface area contributed by atoms with Crippen molar-refractivity contribution in [1.82, 2.24) is 10.6 Å². The van der Waals surface area contributed by atoms with Gasteiger partial charge in [-0.1, -0.05) is 30.3 Å². The first-order valence-corrected chi connectivity index (χ1v) is 9.64. The van der Waals surface area contributed by atoms with Gasteiger partial charge in [-0.05, 0) is 44.2 Å². The van der Waals surface area contributed by atoms with Crippen LogP contribution >= 0.6 is 0 Å². The predicted octanol–water partition coefficient (Wildman–Crippen LogP) is -0.281. The van der Waals surface area contributed by atoms with Crippen LogP contribution in [0, 0.1) is 0 Å². The number of carboxylic acids is 1. The van der Waals surface area contributed by atoms with Crippen molar-refractivity contribution in [2.75, 3.05) is 6.54 Å². The Morgan fingerprint density at radius 3 is 2.31 bits per heavy atom. The highest BCUT2D eigenvalue weighted by Crippen LogP contribution is 2.05. The maximum atomic E-state index is 12.5. The number of rotatable bonds is 14. The van der Waals surface area contributed by atoms with Gasteiger partial charge in [0.1, 0.15) is 12.3 Å². The van der Waals surface area contributed by atoms with Crippen molar-refractivity contribution in [3.8, 4) is 0 Å². The first kappa shape index (κ1) is 24.3. The molecule has 1 aromatic carbocycles. The van der Waals surface area contributed by atoms with Gasteiger partial charge in [0.25, 0.3) is 0 Å². The predicted molar refractivity (Wildman–Crippen MR) is 108 cm³/mol. The lowest BCUT2D eigenvalue weighted by molar-refractivity contribution is -0.138. The van der Waals surface area contributed by atoms with E-state index >= 15 is 0 Å². The van der Waals surface area contributed by atoms with E-state index in [1.165, 1.54) is 0 Å². The van der Waals surface area contributed by atoms with Crippen molar-refractivity contribution in [2.24, 2.45) is 11.5 Å². The number of benzene rings is 1. The summed E-state index contributed by atoms with van der Waals surface area (Å²) in [6.45, 7) is 0.482. The highest BCUT2D eigenvalue weighted by Gasteiger charge is 2.26. The van der Waals surface area contributed by atoms with Crippen LogP contribution in [-0.2, 0) is 25.6 Å². The van der Waals surface area contributed by atoms with Gasteiger partial charge in [-0.25, -0.2) is 0 Å². The monoisotopic (exact) mass is 406 g/mol. The standard InChI is InChI=1S/C20H30N4O5/c21-11-5-4-8-15(13-25)23-20(29)17(9-10-18(26)27)24-19(28)16(22)12-14-6-2-1-3-7-14/h1-3,6-7,13,15-17H,4-5,8-12,21-22H2,(H,23,29)(H,24,28)(H,26,27)/t15-,16-,17-/m0/s1. The van der Waals surface area contributed by atoms with Gasteiger partial charge in [0, 0.05) is 6.42 Å². The van der Waals surface area contributed by atoms with Gasteiger partial charge in [0.05, 0.1) is 12.1 Å².